The quantitative estimate of drug-likeness (QED) is 0.912. The minimum absolute atomic E-state index is 0.106. The molecule has 0 aliphatic carbocycles. The first-order valence-electron chi connectivity index (χ1n) is 7.30. The predicted molar refractivity (Wildman–Crippen MR) is 84.8 cm³/mol. The van der Waals surface area contributed by atoms with Gasteiger partial charge in [0.15, 0.2) is 0 Å². The summed E-state index contributed by atoms with van der Waals surface area (Å²) in [6, 6.07) is 7.87. The van der Waals surface area contributed by atoms with Crippen LogP contribution in [0.1, 0.15) is 26.3 Å². The number of piperazine rings is 1. The summed E-state index contributed by atoms with van der Waals surface area (Å²) in [6.45, 7) is 7.93. The van der Waals surface area contributed by atoms with E-state index in [-0.39, 0.29) is 12.1 Å². The first-order chi connectivity index (χ1) is 9.85. The van der Waals surface area contributed by atoms with Gasteiger partial charge in [-0.3, -0.25) is 0 Å². The Morgan fingerprint density at radius 3 is 2.67 bits per heavy atom. The molecule has 1 N–H and O–H groups in total. The molecule has 0 radical (unpaired) electrons. The fraction of sp³-hybridized carbons (Fsp3) is 0.562. The summed E-state index contributed by atoms with van der Waals surface area (Å²) in [6.07, 6.45) is 0.562. The minimum Gasteiger partial charge on any atom is -0.444 e. The number of rotatable bonds is 2. The van der Waals surface area contributed by atoms with Gasteiger partial charge in [0.2, 0.25) is 0 Å². The van der Waals surface area contributed by atoms with Crippen LogP contribution in [-0.4, -0.2) is 42.3 Å². The number of amides is 1. The molecule has 21 heavy (non-hydrogen) atoms. The Bertz CT molecular complexity index is 482. The number of carbonyl (C=O) groups excluding carboxylic acids is 1. The van der Waals surface area contributed by atoms with E-state index in [0.717, 1.165) is 24.5 Å². The molecule has 1 fully saturated rings. The highest BCUT2D eigenvalue weighted by Crippen LogP contribution is 2.17. The van der Waals surface area contributed by atoms with Crippen molar-refractivity contribution in [2.45, 2.75) is 38.8 Å². The number of halogens is 1. The number of ether oxygens (including phenoxy) is 1. The van der Waals surface area contributed by atoms with Crippen LogP contribution in [0.25, 0.3) is 0 Å². The fourth-order valence-corrected chi connectivity index (χ4v) is 2.52. The van der Waals surface area contributed by atoms with Gasteiger partial charge in [-0.05, 0) is 44.9 Å². The van der Waals surface area contributed by atoms with Gasteiger partial charge in [-0.2, -0.15) is 0 Å². The highest BCUT2D eigenvalue weighted by atomic mass is 35.5. The van der Waals surface area contributed by atoms with Crippen LogP contribution in [0, 0.1) is 0 Å². The number of nitrogens with one attached hydrogen (secondary N) is 1. The number of nitrogens with zero attached hydrogens (tertiary/aromatic N) is 1. The third-order valence-corrected chi connectivity index (χ3v) is 3.61. The van der Waals surface area contributed by atoms with Gasteiger partial charge in [0.1, 0.15) is 5.60 Å². The average molecular weight is 311 g/mol. The Morgan fingerprint density at radius 2 is 2.05 bits per heavy atom. The maximum Gasteiger partial charge on any atom is 0.410 e. The molecule has 0 saturated carbocycles. The van der Waals surface area contributed by atoms with E-state index in [1.165, 1.54) is 5.56 Å². The summed E-state index contributed by atoms with van der Waals surface area (Å²) in [7, 11) is 0. The van der Waals surface area contributed by atoms with E-state index < -0.39 is 5.60 Å². The van der Waals surface area contributed by atoms with Crippen molar-refractivity contribution < 1.29 is 9.53 Å². The Kier molecular flexibility index (Phi) is 5.12. The lowest BCUT2D eigenvalue weighted by molar-refractivity contribution is 0.0122. The highest BCUT2D eigenvalue weighted by molar-refractivity contribution is 6.30. The molecular weight excluding hydrogens is 288 g/mol. The largest absolute Gasteiger partial charge is 0.444 e. The Balaban J connectivity index is 2.04. The van der Waals surface area contributed by atoms with Gasteiger partial charge >= 0.3 is 6.09 Å². The molecule has 1 saturated heterocycles. The molecule has 1 unspecified atom stereocenters. The van der Waals surface area contributed by atoms with Gasteiger partial charge in [0.05, 0.1) is 6.04 Å². The second kappa shape index (κ2) is 6.67. The summed E-state index contributed by atoms with van der Waals surface area (Å²) in [4.78, 5) is 14.2. The van der Waals surface area contributed by atoms with Crippen LogP contribution in [0.5, 0.6) is 0 Å². The summed E-state index contributed by atoms with van der Waals surface area (Å²) in [5.74, 6) is 0. The third-order valence-electron chi connectivity index (χ3n) is 3.36. The molecule has 4 nitrogen and oxygen atoms in total. The number of hydrogen-bond acceptors (Lipinski definition) is 3. The highest BCUT2D eigenvalue weighted by Gasteiger charge is 2.30. The molecular formula is C16H23ClN2O2. The molecule has 1 aromatic rings. The maximum atomic E-state index is 12.3. The van der Waals surface area contributed by atoms with E-state index in [1.807, 2.05) is 49.9 Å². The second-order valence-corrected chi connectivity index (χ2v) is 6.80. The van der Waals surface area contributed by atoms with E-state index in [4.69, 9.17) is 16.3 Å². The van der Waals surface area contributed by atoms with Crippen LogP contribution in [-0.2, 0) is 11.2 Å². The van der Waals surface area contributed by atoms with Crippen LogP contribution in [0.3, 0.4) is 0 Å². The van der Waals surface area contributed by atoms with Crippen molar-refractivity contribution in [1.82, 2.24) is 10.2 Å². The first kappa shape index (κ1) is 16.1. The number of hydrogen-bond donors (Lipinski definition) is 1. The normalized spacial score (nSPS) is 19.4. The molecule has 2 rings (SSSR count). The molecule has 1 heterocycles. The zero-order valence-electron chi connectivity index (χ0n) is 12.9. The molecule has 1 amide bonds. The molecule has 0 aromatic heterocycles. The number of benzene rings is 1. The van der Waals surface area contributed by atoms with Gasteiger partial charge in [0, 0.05) is 24.7 Å². The lowest BCUT2D eigenvalue weighted by Crippen LogP contribution is -2.55. The molecule has 5 heteroatoms. The molecule has 1 aliphatic rings. The number of carbonyl (C=O) groups is 1. The molecule has 116 valence electrons. The van der Waals surface area contributed by atoms with Crippen molar-refractivity contribution in [2.75, 3.05) is 19.6 Å². The van der Waals surface area contributed by atoms with Crippen molar-refractivity contribution in [1.29, 1.82) is 0 Å². The molecule has 1 aliphatic heterocycles. The summed E-state index contributed by atoms with van der Waals surface area (Å²) in [5, 5.41) is 4.07. The van der Waals surface area contributed by atoms with E-state index in [9.17, 15) is 4.79 Å². The van der Waals surface area contributed by atoms with Gasteiger partial charge in [-0.1, -0.05) is 23.7 Å². The van der Waals surface area contributed by atoms with Crippen molar-refractivity contribution >= 4 is 17.7 Å². The van der Waals surface area contributed by atoms with Crippen molar-refractivity contribution in [3.8, 4) is 0 Å². The zero-order valence-corrected chi connectivity index (χ0v) is 13.6. The van der Waals surface area contributed by atoms with E-state index in [1.54, 1.807) is 0 Å². The molecule has 0 spiro atoms. The topological polar surface area (TPSA) is 41.6 Å². The minimum atomic E-state index is -0.465. The third kappa shape index (κ3) is 4.90. The van der Waals surface area contributed by atoms with E-state index in [2.05, 4.69) is 5.32 Å². The SMILES string of the molecule is CC(C)(C)OC(=O)N1CCNCC1Cc1ccc(Cl)cc1. The lowest BCUT2D eigenvalue weighted by atomic mass is 10.0. The van der Waals surface area contributed by atoms with Gasteiger partial charge in [0.25, 0.3) is 0 Å². The molecule has 1 aromatic carbocycles. The summed E-state index contributed by atoms with van der Waals surface area (Å²) < 4.78 is 5.50. The summed E-state index contributed by atoms with van der Waals surface area (Å²) in [5.41, 5.74) is 0.703. The van der Waals surface area contributed by atoms with Crippen LogP contribution in [0.4, 0.5) is 4.79 Å². The Hall–Kier alpha value is -1.26. The fourth-order valence-electron chi connectivity index (χ4n) is 2.40. The zero-order chi connectivity index (χ0) is 15.5. The lowest BCUT2D eigenvalue weighted by Gasteiger charge is -2.37. The van der Waals surface area contributed by atoms with Gasteiger partial charge in [-0.25, -0.2) is 4.79 Å². The van der Waals surface area contributed by atoms with Crippen LogP contribution in [0.2, 0.25) is 5.02 Å². The van der Waals surface area contributed by atoms with Gasteiger partial charge in [-0.15, -0.1) is 0 Å². The van der Waals surface area contributed by atoms with E-state index in [0.29, 0.717) is 6.54 Å². The standard InChI is InChI=1S/C16H23ClN2O2/c1-16(2,3)21-15(20)19-9-8-18-11-14(19)10-12-4-6-13(17)7-5-12/h4-7,14,18H,8-11H2,1-3H3. The maximum absolute atomic E-state index is 12.3. The molecule has 0 bridgehead atoms. The predicted octanol–water partition coefficient (Wildman–Crippen LogP) is 3.09. The van der Waals surface area contributed by atoms with Crippen LogP contribution < -0.4 is 5.32 Å². The van der Waals surface area contributed by atoms with Crippen LogP contribution in [0.15, 0.2) is 24.3 Å². The van der Waals surface area contributed by atoms with Crippen molar-refractivity contribution in [2.24, 2.45) is 0 Å². The monoisotopic (exact) mass is 310 g/mol. The second-order valence-electron chi connectivity index (χ2n) is 6.36. The van der Waals surface area contributed by atoms with Crippen molar-refractivity contribution in [3.05, 3.63) is 34.9 Å². The van der Waals surface area contributed by atoms with E-state index >= 15 is 0 Å². The van der Waals surface area contributed by atoms with Crippen molar-refractivity contribution in [3.63, 3.8) is 0 Å². The molecule has 1 atom stereocenters. The smallest absolute Gasteiger partial charge is 0.410 e. The Labute approximate surface area is 131 Å². The average Bonchev–Trinajstić information content (AvgIpc) is 2.40. The van der Waals surface area contributed by atoms with Gasteiger partial charge < -0.3 is 15.0 Å². The summed E-state index contributed by atoms with van der Waals surface area (Å²) >= 11 is 5.91. The first-order valence-corrected chi connectivity index (χ1v) is 7.68. The Morgan fingerprint density at radius 1 is 1.38 bits per heavy atom. The van der Waals surface area contributed by atoms with Crippen LogP contribution >= 0.6 is 11.6 Å².